The number of amides is 1. The summed E-state index contributed by atoms with van der Waals surface area (Å²) in [6.07, 6.45) is 0.0836. The van der Waals surface area contributed by atoms with Gasteiger partial charge in [-0.25, -0.2) is 4.79 Å². The molecule has 0 bridgehead atoms. The van der Waals surface area contributed by atoms with E-state index in [1.54, 1.807) is 6.07 Å². The Kier molecular flexibility index (Phi) is 3.33. The summed E-state index contributed by atoms with van der Waals surface area (Å²) in [4.78, 5) is 13.1. The molecule has 1 amide bonds. The number of ether oxygens (including phenoxy) is 1. The molecule has 0 aliphatic carbocycles. The van der Waals surface area contributed by atoms with Gasteiger partial charge < -0.3 is 9.94 Å². The number of anilines is 1. The van der Waals surface area contributed by atoms with Crippen LogP contribution in [-0.2, 0) is 4.74 Å². The molecule has 0 saturated carbocycles. The Balaban J connectivity index is 2.51. The van der Waals surface area contributed by atoms with Gasteiger partial charge in [-0.15, -0.1) is 0 Å². The first-order valence-corrected chi connectivity index (χ1v) is 5.83. The molecule has 0 saturated heterocycles. The van der Waals surface area contributed by atoms with Crippen molar-refractivity contribution in [3.8, 4) is 0 Å². The number of halogens is 1. The number of benzene rings is 1. The Labute approximate surface area is 107 Å². The molecule has 1 aliphatic rings. The first kappa shape index (κ1) is 11.9. The normalized spacial score (nSPS) is 16.8. The summed E-state index contributed by atoms with van der Waals surface area (Å²) in [5.74, 6) is 0. The quantitative estimate of drug-likeness (QED) is 0.591. The fourth-order valence-electron chi connectivity index (χ4n) is 1.85. The zero-order valence-electron chi connectivity index (χ0n) is 9.18. The third-order valence-corrected chi connectivity index (χ3v) is 3.14. The summed E-state index contributed by atoms with van der Waals surface area (Å²) in [5.41, 5.74) is 2.00. The molecule has 1 aromatic rings. The van der Waals surface area contributed by atoms with Gasteiger partial charge in [-0.2, -0.15) is 0 Å². The minimum Gasteiger partial charge on any atom is -0.452 e. The molecule has 90 valence electrons. The molecule has 1 N–H and O–H groups in total. The second kappa shape index (κ2) is 4.75. The van der Waals surface area contributed by atoms with E-state index in [0.717, 1.165) is 10.0 Å². The summed E-state index contributed by atoms with van der Waals surface area (Å²) in [6, 6.07) is 5.44. The number of hydrogen-bond acceptors (Lipinski definition) is 4. The minimum absolute atomic E-state index is 0.412. The fraction of sp³-hybridized carbons (Fsp3) is 0.273. The molecule has 6 heteroatoms. The highest BCUT2D eigenvalue weighted by Gasteiger charge is 2.27. The third kappa shape index (κ3) is 2.12. The molecule has 0 atom stereocenters. The van der Waals surface area contributed by atoms with Crippen molar-refractivity contribution >= 4 is 33.4 Å². The van der Waals surface area contributed by atoms with E-state index in [0.29, 0.717) is 24.4 Å². The Hall–Kier alpha value is -1.56. The van der Waals surface area contributed by atoms with Crippen LogP contribution in [0.25, 0.3) is 0 Å². The van der Waals surface area contributed by atoms with Crippen LogP contribution < -0.4 is 4.90 Å². The van der Waals surface area contributed by atoms with Crippen molar-refractivity contribution < 1.29 is 14.7 Å². The van der Waals surface area contributed by atoms with Crippen LogP contribution >= 0.6 is 15.9 Å². The first-order chi connectivity index (χ1) is 8.17. The predicted octanol–water partition coefficient (Wildman–Crippen LogP) is 2.60. The molecular formula is C11H11BrN2O3. The van der Waals surface area contributed by atoms with Crippen molar-refractivity contribution in [2.75, 3.05) is 18.6 Å². The second-order valence-electron chi connectivity index (χ2n) is 3.58. The summed E-state index contributed by atoms with van der Waals surface area (Å²) in [5, 5.41) is 12.2. The highest BCUT2D eigenvalue weighted by atomic mass is 79.9. The molecule has 0 radical (unpaired) electrons. The van der Waals surface area contributed by atoms with Crippen molar-refractivity contribution in [3.63, 3.8) is 0 Å². The average molecular weight is 299 g/mol. The van der Waals surface area contributed by atoms with Crippen LogP contribution in [0, 0.1) is 0 Å². The summed E-state index contributed by atoms with van der Waals surface area (Å²) in [7, 11) is 1.34. The van der Waals surface area contributed by atoms with Crippen molar-refractivity contribution in [2.45, 2.75) is 6.42 Å². The average Bonchev–Trinajstić information content (AvgIpc) is 2.36. The predicted molar refractivity (Wildman–Crippen MR) is 66.8 cm³/mol. The maximum atomic E-state index is 11.6. The maximum Gasteiger partial charge on any atom is 0.414 e. The molecule has 17 heavy (non-hydrogen) atoms. The highest BCUT2D eigenvalue weighted by molar-refractivity contribution is 9.10. The third-order valence-electron chi connectivity index (χ3n) is 2.65. The van der Waals surface area contributed by atoms with Gasteiger partial charge in [-0.3, -0.25) is 4.90 Å². The van der Waals surface area contributed by atoms with E-state index >= 15 is 0 Å². The molecule has 1 heterocycles. The number of hydrogen-bond donors (Lipinski definition) is 1. The van der Waals surface area contributed by atoms with Crippen LogP contribution in [0.1, 0.15) is 12.0 Å². The number of carbonyl (C=O) groups is 1. The van der Waals surface area contributed by atoms with Crippen molar-refractivity contribution in [3.05, 3.63) is 28.2 Å². The molecule has 2 rings (SSSR count). The topological polar surface area (TPSA) is 62.1 Å². The maximum absolute atomic E-state index is 11.6. The Morgan fingerprint density at radius 1 is 1.59 bits per heavy atom. The fourth-order valence-corrected chi connectivity index (χ4v) is 2.21. The standard InChI is InChI=1S/C11H11BrN2O3/c1-17-11(15)14-5-4-9(13-16)8-6-7(12)2-3-10(8)14/h2-3,6,16H,4-5H2,1H3/b13-9-. The lowest BCUT2D eigenvalue weighted by molar-refractivity contribution is 0.178. The molecule has 0 unspecified atom stereocenters. The largest absolute Gasteiger partial charge is 0.452 e. The van der Waals surface area contributed by atoms with Gasteiger partial charge in [0.25, 0.3) is 0 Å². The van der Waals surface area contributed by atoms with Crippen LogP contribution in [-0.4, -0.2) is 30.7 Å². The molecular weight excluding hydrogens is 288 g/mol. The number of methoxy groups -OCH3 is 1. The first-order valence-electron chi connectivity index (χ1n) is 5.03. The highest BCUT2D eigenvalue weighted by Crippen LogP contribution is 2.30. The van der Waals surface area contributed by atoms with Crippen molar-refractivity contribution in [1.29, 1.82) is 0 Å². The van der Waals surface area contributed by atoms with E-state index in [1.807, 2.05) is 12.1 Å². The molecule has 5 nitrogen and oxygen atoms in total. The van der Waals surface area contributed by atoms with Crippen molar-refractivity contribution in [1.82, 2.24) is 0 Å². The molecule has 0 aromatic heterocycles. The number of fused-ring (bicyclic) bond motifs is 1. The van der Waals surface area contributed by atoms with Crippen LogP contribution in [0.4, 0.5) is 10.5 Å². The van der Waals surface area contributed by atoms with E-state index in [4.69, 9.17) is 9.94 Å². The minimum atomic E-state index is -0.412. The van der Waals surface area contributed by atoms with Gasteiger partial charge in [0, 0.05) is 23.0 Å². The van der Waals surface area contributed by atoms with E-state index in [-0.39, 0.29) is 0 Å². The van der Waals surface area contributed by atoms with Crippen LogP contribution in [0.3, 0.4) is 0 Å². The smallest absolute Gasteiger partial charge is 0.414 e. The Morgan fingerprint density at radius 2 is 2.35 bits per heavy atom. The van der Waals surface area contributed by atoms with Gasteiger partial charge >= 0.3 is 6.09 Å². The van der Waals surface area contributed by atoms with E-state index in [9.17, 15) is 4.79 Å². The molecule has 1 aromatic carbocycles. The van der Waals surface area contributed by atoms with Gasteiger partial charge in [0.2, 0.25) is 0 Å². The van der Waals surface area contributed by atoms with Gasteiger partial charge in [0.1, 0.15) is 0 Å². The van der Waals surface area contributed by atoms with Crippen molar-refractivity contribution in [2.24, 2.45) is 5.16 Å². The van der Waals surface area contributed by atoms with Gasteiger partial charge in [-0.05, 0) is 18.2 Å². The van der Waals surface area contributed by atoms with E-state index in [2.05, 4.69) is 21.1 Å². The summed E-state index contributed by atoms with van der Waals surface area (Å²) < 4.78 is 5.58. The molecule has 0 fully saturated rings. The Morgan fingerprint density at radius 3 is 3.00 bits per heavy atom. The second-order valence-corrected chi connectivity index (χ2v) is 4.50. The summed E-state index contributed by atoms with van der Waals surface area (Å²) in [6.45, 7) is 0.445. The van der Waals surface area contributed by atoms with Crippen LogP contribution in [0.2, 0.25) is 0 Å². The Bertz CT molecular complexity index is 488. The lowest BCUT2D eigenvalue weighted by Crippen LogP contribution is -2.37. The molecule has 0 spiro atoms. The van der Waals surface area contributed by atoms with Gasteiger partial charge in [-0.1, -0.05) is 21.1 Å². The van der Waals surface area contributed by atoms with E-state index in [1.165, 1.54) is 12.0 Å². The number of carbonyl (C=O) groups excluding carboxylic acids is 1. The van der Waals surface area contributed by atoms with E-state index < -0.39 is 6.09 Å². The van der Waals surface area contributed by atoms with Gasteiger partial charge in [0.15, 0.2) is 0 Å². The lowest BCUT2D eigenvalue weighted by atomic mass is 10.00. The monoisotopic (exact) mass is 298 g/mol. The lowest BCUT2D eigenvalue weighted by Gasteiger charge is -2.28. The number of oxime groups is 1. The molecule has 1 aliphatic heterocycles. The zero-order chi connectivity index (χ0) is 12.4. The number of nitrogens with zero attached hydrogens (tertiary/aromatic N) is 2. The van der Waals surface area contributed by atoms with Crippen LogP contribution in [0.15, 0.2) is 27.8 Å². The summed E-state index contributed by atoms with van der Waals surface area (Å²) >= 11 is 3.35. The van der Waals surface area contributed by atoms with Gasteiger partial charge in [0.05, 0.1) is 18.5 Å². The number of rotatable bonds is 0. The SMILES string of the molecule is COC(=O)N1CC/C(=N/O)c2cc(Br)ccc21. The van der Waals surface area contributed by atoms with Crippen LogP contribution in [0.5, 0.6) is 0 Å². The zero-order valence-corrected chi connectivity index (χ0v) is 10.8.